The van der Waals surface area contributed by atoms with Gasteiger partial charge in [-0.25, -0.2) is 0 Å². The van der Waals surface area contributed by atoms with Crippen LogP contribution < -0.4 is 15.9 Å². The third-order valence-electron chi connectivity index (χ3n) is 11.8. The van der Waals surface area contributed by atoms with Crippen LogP contribution in [0.15, 0.2) is 170 Å². The van der Waals surface area contributed by atoms with Crippen LogP contribution in [-0.2, 0) is 9.98 Å². The minimum atomic E-state index is -3.18. The van der Waals surface area contributed by atoms with E-state index in [0.29, 0.717) is 0 Å². The molecule has 1 aliphatic heterocycles. The highest BCUT2D eigenvalue weighted by molar-refractivity contribution is 7.86. The Bertz CT molecular complexity index is 3020. The summed E-state index contributed by atoms with van der Waals surface area (Å²) in [6.07, 6.45) is 0. The van der Waals surface area contributed by atoms with Crippen LogP contribution in [-0.4, -0.2) is 4.57 Å². The molecule has 0 saturated carbocycles. The second kappa shape index (κ2) is 10.5. The van der Waals surface area contributed by atoms with Crippen molar-refractivity contribution in [1.82, 2.24) is 4.57 Å². The zero-order valence-electron chi connectivity index (χ0n) is 29.0. The molecule has 0 spiro atoms. The largest absolute Gasteiger partial charge is 0.309 e. The van der Waals surface area contributed by atoms with Crippen LogP contribution in [0.3, 0.4) is 0 Å². The molecule has 0 N–H and O–H groups in total. The van der Waals surface area contributed by atoms with Crippen LogP contribution in [0.5, 0.6) is 0 Å². The molecule has 0 saturated heterocycles. The molecule has 8 aromatic carbocycles. The summed E-state index contributed by atoms with van der Waals surface area (Å²) in [5.74, 6) is 0. The number of fused-ring (bicyclic) bond motifs is 11. The van der Waals surface area contributed by atoms with Gasteiger partial charge in [0, 0.05) is 37.5 Å². The van der Waals surface area contributed by atoms with Gasteiger partial charge in [0.25, 0.3) is 0 Å². The zero-order valence-corrected chi connectivity index (χ0v) is 29.9. The van der Waals surface area contributed by atoms with Crippen LogP contribution in [0.2, 0.25) is 0 Å². The van der Waals surface area contributed by atoms with E-state index in [1.165, 1.54) is 44.2 Å². The molecule has 3 heteroatoms. The summed E-state index contributed by atoms with van der Waals surface area (Å²) in [6, 6.07) is 60.7. The minimum absolute atomic E-state index is 0.0697. The minimum Gasteiger partial charge on any atom is -0.309 e. The number of hydrogen-bond acceptors (Lipinski definition) is 1. The predicted octanol–water partition coefficient (Wildman–Crippen LogP) is 11.5. The molecule has 2 heterocycles. The maximum atomic E-state index is 15.9. The second-order valence-corrected chi connectivity index (χ2v) is 17.4. The lowest BCUT2D eigenvalue weighted by molar-refractivity contribution is 0.593. The van der Waals surface area contributed by atoms with E-state index in [2.05, 4.69) is 152 Å². The van der Waals surface area contributed by atoms with Crippen molar-refractivity contribution in [3.05, 3.63) is 181 Å². The van der Waals surface area contributed by atoms with Gasteiger partial charge < -0.3 is 9.13 Å². The van der Waals surface area contributed by atoms with Crippen molar-refractivity contribution in [2.24, 2.45) is 0 Å². The van der Waals surface area contributed by atoms with Crippen molar-refractivity contribution in [3.8, 4) is 39.1 Å². The molecule has 52 heavy (non-hydrogen) atoms. The Labute approximate surface area is 303 Å². The number of rotatable bonds is 3. The molecule has 0 amide bonds. The molecule has 246 valence electrons. The van der Waals surface area contributed by atoms with Crippen LogP contribution in [0.25, 0.3) is 71.6 Å². The van der Waals surface area contributed by atoms with Crippen molar-refractivity contribution in [2.45, 2.75) is 19.3 Å². The SMILES string of the molecule is CC1(C)c2ccccc2-c2ccc(-c3cccc4c(-n5c6ccccc6c6c7c(ccc65)-c5ccccc5P7(=O)c5ccccc5)cccc34)cc21. The van der Waals surface area contributed by atoms with Gasteiger partial charge in [-0.3, -0.25) is 0 Å². The normalized spacial score (nSPS) is 16.6. The average Bonchev–Trinajstić information content (AvgIpc) is 3.76. The molecule has 9 aromatic rings. The third-order valence-corrected chi connectivity index (χ3v) is 15.0. The Hall–Kier alpha value is -5.95. The first-order chi connectivity index (χ1) is 25.5. The summed E-state index contributed by atoms with van der Waals surface area (Å²) >= 11 is 0. The van der Waals surface area contributed by atoms with Crippen molar-refractivity contribution in [3.63, 3.8) is 0 Å². The molecule has 2 nitrogen and oxygen atoms in total. The van der Waals surface area contributed by atoms with Crippen molar-refractivity contribution < 1.29 is 4.57 Å². The topological polar surface area (TPSA) is 22.0 Å². The van der Waals surface area contributed by atoms with Gasteiger partial charge >= 0.3 is 0 Å². The third kappa shape index (κ3) is 3.78. The highest BCUT2D eigenvalue weighted by Gasteiger charge is 2.42. The van der Waals surface area contributed by atoms with Crippen molar-refractivity contribution >= 4 is 55.6 Å². The molecule has 0 fully saturated rings. The maximum absolute atomic E-state index is 15.9. The van der Waals surface area contributed by atoms with Gasteiger partial charge in [-0.1, -0.05) is 159 Å². The maximum Gasteiger partial charge on any atom is 0.172 e. The van der Waals surface area contributed by atoms with E-state index >= 15 is 4.57 Å². The first-order valence-corrected chi connectivity index (χ1v) is 19.8. The van der Waals surface area contributed by atoms with Crippen LogP contribution >= 0.6 is 7.14 Å². The fourth-order valence-corrected chi connectivity index (χ4v) is 12.7. The van der Waals surface area contributed by atoms with Gasteiger partial charge in [0.2, 0.25) is 0 Å². The molecule has 1 atom stereocenters. The molecular formula is C49H34NOP. The lowest BCUT2D eigenvalue weighted by Gasteiger charge is -2.22. The van der Waals surface area contributed by atoms with Crippen molar-refractivity contribution in [1.29, 1.82) is 0 Å². The summed E-state index contributed by atoms with van der Waals surface area (Å²) in [7, 11) is -3.18. The van der Waals surface area contributed by atoms with Crippen LogP contribution in [0.4, 0.5) is 0 Å². The first-order valence-electron chi connectivity index (χ1n) is 18.1. The van der Waals surface area contributed by atoms with Gasteiger partial charge in [0.15, 0.2) is 7.14 Å². The first kappa shape index (κ1) is 29.7. The standard InChI is InChI=1S/C49H34NOP/c1-49(2)41-22-9-6-16-35(41)36-27-26-31(30-42(36)49)33-19-12-21-37-34(33)20-13-24-43(37)50-44-23-10-7-18-40(44)47-45(50)29-28-39-38-17-8-11-25-46(38)52(51,48(39)47)32-14-4-3-5-15-32/h3-30H,1-2H3. The summed E-state index contributed by atoms with van der Waals surface area (Å²) < 4.78 is 18.3. The molecule has 1 unspecified atom stereocenters. The van der Waals surface area contributed by atoms with E-state index in [0.717, 1.165) is 54.5 Å². The molecule has 1 aromatic heterocycles. The summed E-state index contributed by atoms with van der Waals surface area (Å²) in [5, 5.41) is 7.34. The lowest BCUT2D eigenvalue weighted by atomic mass is 9.81. The Morgan fingerprint density at radius 1 is 0.481 bits per heavy atom. The van der Waals surface area contributed by atoms with Gasteiger partial charge in [0.1, 0.15) is 0 Å². The van der Waals surface area contributed by atoms with E-state index in [9.17, 15) is 0 Å². The molecule has 0 bridgehead atoms. The van der Waals surface area contributed by atoms with E-state index in [4.69, 9.17) is 0 Å². The monoisotopic (exact) mass is 683 g/mol. The summed E-state index contributed by atoms with van der Waals surface area (Å²) in [6.45, 7) is 4.69. The number of aromatic nitrogens is 1. The van der Waals surface area contributed by atoms with Crippen LogP contribution in [0, 0.1) is 0 Å². The second-order valence-electron chi connectivity index (χ2n) is 14.8. The zero-order chi connectivity index (χ0) is 34.8. The molecule has 2 aliphatic rings. The number of benzene rings is 8. The van der Waals surface area contributed by atoms with E-state index in [1.54, 1.807) is 0 Å². The highest BCUT2D eigenvalue weighted by atomic mass is 31.2. The Balaban J connectivity index is 1.17. The van der Waals surface area contributed by atoms with Gasteiger partial charge in [-0.15, -0.1) is 0 Å². The fourth-order valence-electron chi connectivity index (χ4n) is 9.46. The number of para-hydroxylation sites is 1. The summed E-state index contributed by atoms with van der Waals surface area (Å²) in [5.41, 5.74) is 13.2. The van der Waals surface area contributed by atoms with E-state index < -0.39 is 7.14 Å². The highest BCUT2D eigenvalue weighted by Crippen LogP contribution is 2.55. The van der Waals surface area contributed by atoms with E-state index in [1.807, 2.05) is 36.4 Å². The Kier molecular flexibility index (Phi) is 6.03. The van der Waals surface area contributed by atoms with E-state index in [-0.39, 0.29) is 5.41 Å². The van der Waals surface area contributed by atoms with Crippen molar-refractivity contribution in [2.75, 3.05) is 0 Å². The number of nitrogens with zero attached hydrogens (tertiary/aromatic N) is 1. The van der Waals surface area contributed by atoms with Gasteiger partial charge in [-0.2, -0.15) is 0 Å². The van der Waals surface area contributed by atoms with Gasteiger partial charge in [0.05, 0.1) is 16.7 Å². The van der Waals surface area contributed by atoms with Gasteiger partial charge in [-0.05, 0) is 74.2 Å². The Morgan fingerprint density at radius 2 is 1.13 bits per heavy atom. The Morgan fingerprint density at radius 3 is 2.02 bits per heavy atom. The molecular weight excluding hydrogens is 650 g/mol. The average molecular weight is 684 g/mol. The van der Waals surface area contributed by atoms with Crippen LogP contribution in [0.1, 0.15) is 25.0 Å². The molecule has 1 aliphatic carbocycles. The smallest absolute Gasteiger partial charge is 0.172 e. The molecule has 0 radical (unpaired) electrons. The predicted molar refractivity (Wildman–Crippen MR) is 220 cm³/mol. The lowest BCUT2D eigenvalue weighted by Crippen LogP contribution is -2.21. The number of hydrogen-bond donors (Lipinski definition) is 0. The fraction of sp³-hybridized carbons (Fsp3) is 0.0612. The molecule has 11 rings (SSSR count). The quantitative estimate of drug-likeness (QED) is 0.170. The summed E-state index contributed by atoms with van der Waals surface area (Å²) in [4.78, 5) is 0.